The van der Waals surface area contributed by atoms with Crippen LogP contribution in [0.1, 0.15) is 48.7 Å². The minimum absolute atomic E-state index is 0.173. The molecule has 1 heterocycles. The van der Waals surface area contributed by atoms with Gasteiger partial charge in [-0.2, -0.15) is 0 Å². The molecule has 1 aromatic heterocycles. The molecule has 178 valence electrons. The lowest BCUT2D eigenvalue weighted by Crippen LogP contribution is -2.04. The van der Waals surface area contributed by atoms with E-state index in [1.807, 2.05) is 0 Å². The van der Waals surface area contributed by atoms with Crippen LogP contribution >= 0.6 is 0 Å². The average molecular weight is 458 g/mol. The number of methoxy groups -OCH3 is 3. The smallest absolute Gasteiger partial charge is 0.305 e. The molecule has 0 N–H and O–H groups in total. The van der Waals surface area contributed by atoms with Gasteiger partial charge in [-0.05, 0) is 56.5 Å². The fourth-order valence-corrected chi connectivity index (χ4v) is 3.01. The Morgan fingerprint density at radius 1 is 0.909 bits per heavy atom. The van der Waals surface area contributed by atoms with Gasteiger partial charge < -0.3 is 23.7 Å². The molecule has 0 spiro atoms. The third-order valence-electron chi connectivity index (χ3n) is 4.73. The Bertz CT molecular complexity index is 956. The Balaban J connectivity index is 1.95. The Morgan fingerprint density at radius 3 is 2.36 bits per heavy atom. The van der Waals surface area contributed by atoms with Gasteiger partial charge in [0.2, 0.25) is 0 Å². The Labute approximate surface area is 194 Å². The van der Waals surface area contributed by atoms with Gasteiger partial charge in [0.1, 0.15) is 0 Å². The van der Waals surface area contributed by atoms with Crippen molar-refractivity contribution in [3.63, 3.8) is 0 Å². The molecule has 0 radical (unpaired) electrons. The van der Waals surface area contributed by atoms with Crippen molar-refractivity contribution in [1.29, 1.82) is 0 Å². The number of nitrogens with zero attached hydrogens (tertiary/aromatic N) is 1. The van der Waals surface area contributed by atoms with Crippen molar-refractivity contribution in [2.24, 2.45) is 0 Å². The maximum absolute atomic E-state index is 12.6. The third-order valence-corrected chi connectivity index (χ3v) is 4.73. The van der Waals surface area contributed by atoms with Crippen LogP contribution in [0.25, 0.3) is 6.08 Å². The molecule has 8 heteroatoms. The number of ketones is 1. The second kappa shape index (κ2) is 13.8. The first kappa shape index (κ1) is 25.7. The van der Waals surface area contributed by atoms with E-state index in [1.54, 1.807) is 50.6 Å². The maximum atomic E-state index is 12.6. The number of hydrogen-bond acceptors (Lipinski definition) is 8. The van der Waals surface area contributed by atoms with E-state index in [4.69, 9.17) is 23.7 Å². The number of carbonyl (C=O) groups is 2. The van der Waals surface area contributed by atoms with E-state index < -0.39 is 0 Å². The van der Waals surface area contributed by atoms with Gasteiger partial charge in [-0.3, -0.25) is 14.6 Å². The van der Waals surface area contributed by atoms with Gasteiger partial charge in [-0.25, -0.2) is 0 Å². The van der Waals surface area contributed by atoms with Gasteiger partial charge in [0.25, 0.3) is 0 Å². The van der Waals surface area contributed by atoms with E-state index in [9.17, 15) is 9.59 Å². The van der Waals surface area contributed by atoms with Crippen molar-refractivity contribution in [3.05, 3.63) is 47.8 Å². The average Bonchev–Trinajstić information content (AvgIpc) is 2.84. The van der Waals surface area contributed by atoms with Crippen molar-refractivity contribution < 1.29 is 33.3 Å². The molecule has 0 atom stereocenters. The van der Waals surface area contributed by atoms with Gasteiger partial charge in [0.05, 0.1) is 46.4 Å². The van der Waals surface area contributed by atoms with Crippen LogP contribution in [-0.2, 0) is 9.53 Å². The standard InChI is InChI=1S/C25H31NO7/c1-5-32-25(28)9-7-6-8-14-33-23-16-19(26-17-24(23)31-4)11-12-20(27)18-10-13-21(29-2)22(15-18)30-3/h10-13,15-17H,5-9,14H2,1-4H3/b12-11+. The van der Waals surface area contributed by atoms with Gasteiger partial charge in [-0.15, -0.1) is 0 Å². The molecule has 1 aromatic carbocycles. The molecule has 0 saturated carbocycles. The molecule has 0 fully saturated rings. The van der Waals surface area contributed by atoms with Crippen LogP contribution in [0.5, 0.6) is 23.0 Å². The van der Waals surface area contributed by atoms with E-state index >= 15 is 0 Å². The molecule has 8 nitrogen and oxygen atoms in total. The number of unbranched alkanes of at least 4 members (excludes halogenated alkanes) is 2. The lowest BCUT2D eigenvalue weighted by Gasteiger charge is -2.11. The Morgan fingerprint density at radius 2 is 1.67 bits per heavy atom. The van der Waals surface area contributed by atoms with Crippen LogP contribution in [0.3, 0.4) is 0 Å². The predicted octanol–water partition coefficient (Wildman–Crippen LogP) is 4.51. The highest BCUT2D eigenvalue weighted by atomic mass is 16.5. The van der Waals surface area contributed by atoms with Crippen LogP contribution in [0, 0.1) is 0 Å². The van der Waals surface area contributed by atoms with Gasteiger partial charge in [0.15, 0.2) is 28.8 Å². The molecule has 0 bridgehead atoms. The zero-order chi connectivity index (χ0) is 24.1. The maximum Gasteiger partial charge on any atom is 0.305 e. The number of aromatic nitrogens is 1. The van der Waals surface area contributed by atoms with Crippen molar-refractivity contribution in [3.8, 4) is 23.0 Å². The largest absolute Gasteiger partial charge is 0.493 e. The number of ether oxygens (including phenoxy) is 5. The zero-order valence-corrected chi connectivity index (χ0v) is 19.6. The summed E-state index contributed by atoms with van der Waals surface area (Å²) in [6.45, 7) is 2.67. The monoisotopic (exact) mass is 457 g/mol. The summed E-state index contributed by atoms with van der Waals surface area (Å²) in [5.74, 6) is 1.71. The van der Waals surface area contributed by atoms with Crippen LogP contribution in [0.15, 0.2) is 36.5 Å². The first-order valence-electron chi connectivity index (χ1n) is 10.8. The zero-order valence-electron chi connectivity index (χ0n) is 19.6. The second-order valence-corrected chi connectivity index (χ2v) is 6.99. The number of allylic oxidation sites excluding steroid dienone is 1. The number of pyridine rings is 1. The third kappa shape index (κ3) is 8.14. The minimum Gasteiger partial charge on any atom is -0.493 e. The molecule has 0 amide bonds. The minimum atomic E-state index is -0.197. The lowest BCUT2D eigenvalue weighted by atomic mass is 10.1. The fraction of sp³-hybridized carbons (Fsp3) is 0.400. The number of hydrogen-bond donors (Lipinski definition) is 0. The fourth-order valence-electron chi connectivity index (χ4n) is 3.01. The molecule has 2 rings (SSSR count). The summed E-state index contributed by atoms with van der Waals surface area (Å²) in [4.78, 5) is 28.2. The summed E-state index contributed by atoms with van der Waals surface area (Å²) in [5, 5.41) is 0. The number of carbonyl (C=O) groups excluding carboxylic acids is 2. The molecule has 0 saturated heterocycles. The highest BCUT2D eigenvalue weighted by Gasteiger charge is 2.10. The van der Waals surface area contributed by atoms with Crippen molar-refractivity contribution in [2.45, 2.75) is 32.6 Å². The molecule has 0 aliphatic rings. The van der Waals surface area contributed by atoms with E-state index in [0.717, 1.165) is 19.3 Å². The van der Waals surface area contributed by atoms with Crippen molar-refractivity contribution >= 4 is 17.8 Å². The second-order valence-electron chi connectivity index (χ2n) is 6.99. The number of rotatable bonds is 14. The summed E-state index contributed by atoms with van der Waals surface area (Å²) in [6.07, 6.45) is 7.40. The molecule has 2 aromatic rings. The van der Waals surface area contributed by atoms with E-state index in [-0.39, 0.29) is 11.8 Å². The number of benzene rings is 1. The first-order valence-corrected chi connectivity index (χ1v) is 10.8. The summed E-state index contributed by atoms with van der Waals surface area (Å²) >= 11 is 0. The summed E-state index contributed by atoms with van der Waals surface area (Å²) in [7, 11) is 4.60. The van der Waals surface area contributed by atoms with Gasteiger partial charge in [0, 0.05) is 18.1 Å². The molecule has 33 heavy (non-hydrogen) atoms. The predicted molar refractivity (Wildman–Crippen MR) is 124 cm³/mol. The van der Waals surface area contributed by atoms with Gasteiger partial charge >= 0.3 is 5.97 Å². The van der Waals surface area contributed by atoms with Crippen LogP contribution in [-0.4, -0.2) is 51.3 Å². The van der Waals surface area contributed by atoms with E-state index in [1.165, 1.54) is 20.3 Å². The van der Waals surface area contributed by atoms with Crippen LogP contribution in [0.4, 0.5) is 0 Å². The van der Waals surface area contributed by atoms with Gasteiger partial charge in [-0.1, -0.05) is 0 Å². The molecule has 0 aliphatic carbocycles. The first-order chi connectivity index (χ1) is 16.0. The summed E-state index contributed by atoms with van der Waals surface area (Å²) in [6, 6.07) is 6.70. The molecular formula is C25H31NO7. The summed E-state index contributed by atoms with van der Waals surface area (Å²) in [5.41, 5.74) is 1.03. The quantitative estimate of drug-likeness (QED) is 0.177. The Kier molecular flexibility index (Phi) is 10.7. The molecule has 0 unspecified atom stereocenters. The number of esters is 1. The van der Waals surface area contributed by atoms with Crippen LogP contribution < -0.4 is 18.9 Å². The lowest BCUT2D eigenvalue weighted by molar-refractivity contribution is -0.143. The van der Waals surface area contributed by atoms with Crippen molar-refractivity contribution in [2.75, 3.05) is 34.5 Å². The van der Waals surface area contributed by atoms with E-state index in [2.05, 4.69) is 4.98 Å². The van der Waals surface area contributed by atoms with Crippen molar-refractivity contribution in [1.82, 2.24) is 4.98 Å². The highest BCUT2D eigenvalue weighted by Crippen LogP contribution is 2.29. The summed E-state index contributed by atoms with van der Waals surface area (Å²) < 4.78 is 26.5. The highest BCUT2D eigenvalue weighted by molar-refractivity contribution is 6.07. The van der Waals surface area contributed by atoms with E-state index in [0.29, 0.717) is 53.9 Å². The molecular weight excluding hydrogens is 426 g/mol. The topological polar surface area (TPSA) is 93.2 Å². The molecule has 0 aliphatic heterocycles. The SMILES string of the molecule is CCOC(=O)CCCCCOc1cc(/C=C/C(=O)c2ccc(OC)c(OC)c2)ncc1OC. The normalized spacial score (nSPS) is 10.7. The van der Waals surface area contributed by atoms with Crippen LogP contribution in [0.2, 0.25) is 0 Å². The Hall–Kier alpha value is -3.55.